The molecule has 2 amide bonds. The molecule has 0 bridgehead atoms. The Balaban J connectivity index is 1.62. The van der Waals surface area contributed by atoms with Crippen LogP contribution in [0.5, 0.6) is 11.5 Å². The van der Waals surface area contributed by atoms with Crippen molar-refractivity contribution in [3.8, 4) is 11.5 Å². The Kier molecular flexibility index (Phi) is 9.19. The van der Waals surface area contributed by atoms with Crippen LogP contribution in [0.15, 0.2) is 78.9 Å². The van der Waals surface area contributed by atoms with Crippen molar-refractivity contribution in [3.05, 3.63) is 95.6 Å². The first-order valence-corrected chi connectivity index (χ1v) is 13.0. The fourth-order valence-corrected chi connectivity index (χ4v) is 4.89. The highest BCUT2D eigenvalue weighted by molar-refractivity contribution is 5.88. The number of aryl methyl sites for hydroxylation is 1. The Labute approximate surface area is 219 Å². The zero-order chi connectivity index (χ0) is 26.0. The number of hydrogen-bond donors (Lipinski definition) is 1. The van der Waals surface area contributed by atoms with Gasteiger partial charge in [0.1, 0.15) is 6.04 Å². The number of rotatable bonds is 11. The van der Waals surface area contributed by atoms with Gasteiger partial charge in [-0.1, -0.05) is 85.1 Å². The molecule has 1 N–H and O–H groups in total. The predicted molar refractivity (Wildman–Crippen MR) is 145 cm³/mol. The summed E-state index contributed by atoms with van der Waals surface area (Å²) in [4.78, 5) is 29.1. The molecule has 0 heterocycles. The SMILES string of the molecule is COc1ccccc1OCC(=O)N(Cc1cccc(C)c1)[C@H](Cc1ccccc1)C(=O)NC1CCCC1. The van der Waals surface area contributed by atoms with Gasteiger partial charge in [-0.05, 0) is 43.0 Å². The van der Waals surface area contributed by atoms with Crippen molar-refractivity contribution >= 4 is 11.8 Å². The van der Waals surface area contributed by atoms with Gasteiger partial charge in [0.2, 0.25) is 5.91 Å². The number of nitrogens with one attached hydrogen (secondary N) is 1. The first-order valence-electron chi connectivity index (χ1n) is 13.0. The minimum atomic E-state index is -0.669. The predicted octanol–water partition coefficient (Wildman–Crippen LogP) is 5.08. The maximum atomic E-state index is 13.8. The average Bonchev–Trinajstić information content (AvgIpc) is 3.43. The van der Waals surface area contributed by atoms with Crippen molar-refractivity contribution in [3.63, 3.8) is 0 Å². The number of nitrogens with zero attached hydrogens (tertiary/aromatic N) is 1. The third-order valence-corrected chi connectivity index (χ3v) is 6.83. The summed E-state index contributed by atoms with van der Waals surface area (Å²) in [6.07, 6.45) is 4.62. The first-order chi connectivity index (χ1) is 18.0. The molecule has 1 saturated carbocycles. The lowest BCUT2D eigenvalue weighted by Gasteiger charge is -2.32. The number of methoxy groups -OCH3 is 1. The van der Waals surface area contributed by atoms with E-state index in [1.54, 1.807) is 24.1 Å². The molecule has 0 aromatic heterocycles. The van der Waals surface area contributed by atoms with Gasteiger partial charge in [-0.25, -0.2) is 0 Å². The lowest BCUT2D eigenvalue weighted by molar-refractivity contribution is -0.143. The second-order valence-electron chi connectivity index (χ2n) is 9.65. The van der Waals surface area contributed by atoms with Gasteiger partial charge < -0.3 is 19.7 Å². The molecule has 1 fully saturated rings. The topological polar surface area (TPSA) is 67.9 Å². The first kappa shape index (κ1) is 26.3. The molecular formula is C31H36N2O4. The van der Waals surface area contributed by atoms with Gasteiger partial charge in [0.25, 0.3) is 5.91 Å². The summed E-state index contributed by atoms with van der Waals surface area (Å²) in [6, 6.07) is 24.6. The molecule has 3 aromatic rings. The van der Waals surface area contributed by atoms with Gasteiger partial charge in [0.05, 0.1) is 7.11 Å². The Morgan fingerprint density at radius 2 is 1.59 bits per heavy atom. The second-order valence-corrected chi connectivity index (χ2v) is 9.65. The quantitative estimate of drug-likeness (QED) is 0.399. The van der Waals surface area contributed by atoms with Gasteiger partial charge >= 0.3 is 0 Å². The van der Waals surface area contributed by atoms with Crippen LogP contribution in [-0.4, -0.2) is 42.5 Å². The molecule has 0 spiro atoms. The lowest BCUT2D eigenvalue weighted by atomic mass is 10.0. The summed E-state index contributed by atoms with van der Waals surface area (Å²) >= 11 is 0. The van der Waals surface area contributed by atoms with Crippen molar-refractivity contribution in [1.29, 1.82) is 0 Å². The van der Waals surface area contributed by atoms with Gasteiger partial charge in [-0.2, -0.15) is 0 Å². The van der Waals surface area contributed by atoms with E-state index in [9.17, 15) is 9.59 Å². The van der Waals surface area contributed by atoms with Gasteiger partial charge in [-0.3, -0.25) is 9.59 Å². The summed E-state index contributed by atoms with van der Waals surface area (Å²) in [5.74, 6) is 0.674. The average molecular weight is 501 g/mol. The van der Waals surface area contributed by atoms with Crippen molar-refractivity contribution in [2.75, 3.05) is 13.7 Å². The Morgan fingerprint density at radius 3 is 2.30 bits per heavy atom. The number of carbonyl (C=O) groups excluding carboxylic acids is 2. The standard InChI is InChI=1S/C31H36N2O4/c1-23-11-10-14-25(19-23)21-33(30(34)22-37-29-18-9-8-17-28(29)36-2)27(20-24-12-4-3-5-13-24)31(35)32-26-15-6-7-16-26/h3-5,8-14,17-19,26-27H,6-7,15-16,20-22H2,1-2H3,(H,32,35)/t27-/m1/s1. The molecule has 4 rings (SSSR count). The minimum Gasteiger partial charge on any atom is -0.493 e. The van der Waals surface area contributed by atoms with Crippen LogP contribution in [0.25, 0.3) is 0 Å². The number of hydrogen-bond acceptors (Lipinski definition) is 4. The van der Waals surface area contributed by atoms with Gasteiger partial charge in [0, 0.05) is 19.0 Å². The van der Waals surface area contributed by atoms with E-state index < -0.39 is 6.04 Å². The highest BCUT2D eigenvalue weighted by atomic mass is 16.5. The number of carbonyl (C=O) groups is 2. The van der Waals surface area contributed by atoms with Crippen molar-refractivity contribution in [2.24, 2.45) is 0 Å². The molecule has 37 heavy (non-hydrogen) atoms. The van der Waals surface area contributed by atoms with Crippen LogP contribution in [0.1, 0.15) is 42.4 Å². The van der Waals surface area contributed by atoms with Crippen LogP contribution in [0.2, 0.25) is 0 Å². The van der Waals surface area contributed by atoms with Crippen LogP contribution in [0.3, 0.4) is 0 Å². The Morgan fingerprint density at radius 1 is 0.919 bits per heavy atom. The second kappa shape index (κ2) is 12.9. The zero-order valence-corrected chi connectivity index (χ0v) is 21.7. The smallest absolute Gasteiger partial charge is 0.261 e. The van der Waals surface area contributed by atoms with Gasteiger partial charge in [-0.15, -0.1) is 0 Å². The molecule has 6 heteroatoms. The summed E-state index contributed by atoms with van der Waals surface area (Å²) in [6.45, 7) is 2.13. The fourth-order valence-electron chi connectivity index (χ4n) is 4.89. The largest absolute Gasteiger partial charge is 0.493 e. The molecule has 1 atom stereocenters. The Bertz CT molecular complexity index is 1170. The minimum absolute atomic E-state index is 0.117. The van der Waals surface area contributed by atoms with Gasteiger partial charge in [0.15, 0.2) is 18.1 Å². The normalized spacial score (nSPS) is 14.1. The number of ether oxygens (including phenoxy) is 2. The van der Waals surface area contributed by atoms with Crippen LogP contribution in [0.4, 0.5) is 0 Å². The van der Waals surface area contributed by atoms with Crippen molar-refractivity contribution in [2.45, 2.75) is 57.7 Å². The molecule has 3 aromatic carbocycles. The monoisotopic (exact) mass is 500 g/mol. The van der Waals surface area contributed by atoms with Crippen LogP contribution in [-0.2, 0) is 22.6 Å². The third-order valence-electron chi connectivity index (χ3n) is 6.83. The van der Waals surface area contributed by atoms with Crippen LogP contribution < -0.4 is 14.8 Å². The number of para-hydroxylation sites is 2. The molecular weight excluding hydrogens is 464 g/mol. The number of amides is 2. The summed E-state index contributed by atoms with van der Waals surface area (Å²) in [7, 11) is 1.57. The highest BCUT2D eigenvalue weighted by Gasteiger charge is 2.32. The molecule has 194 valence electrons. The van der Waals surface area contributed by atoms with Crippen molar-refractivity contribution in [1.82, 2.24) is 10.2 Å². The van der Waals surface area contributed by atoms with E-state index in [2.05, 4.69) is 11.4 Å². The van der Waals surface area contributed by atoms with E-state index in [0.29, 0.717) is 24.5 Å². The molecule has 0 aliphatic heterocycles. The van der Waals surface area contributed by atoms with E-state index in [0.717, 1.165) is 42.4 Å². The molecule has 6 nitrogen and oxygen atoms in total. The Hall–Kier alpha value is -3.80. The molecule has 0 radical (unpaired) electrons. The van der Waals surface area contributed by atoms with E-state index >= 15 is 0 Å². The number of benzene rings is 3. The van der Waals surface area contributed by atoms with Crippen LogP contribution >= 0.6 is 0 Å². The maximum absolute atomic E-state index is 13.8. The highest BCUT2D eigenvalue weighted by Crippen LogP contribution is 2.26. The van der Waals surface area contributed by atoms with E-state index in [4.69, 9.17) is 9.47 Å². The van der Waals surface area contributed by atoms with E-state index in [1.807, 2.05) is 67.6 Å². The summed E-state index contributed by atoms with van der Waals surface area (Å²) < 4.78 is 11.3. The fraction of sp³-hybridized carbons (Fsp3) is 0.355. The molecule has 0 unspecified atom stereocenters. The lowest BCUT2D eigenvalue weighted by Crippen LogP contribution is -2.53. The van der Waals surface area contributed by atoms with E-state index in [1.165, 1.54) is 0 Å². The maximum Gasteiger partial charge on any atom is 0.261 e. The summed E-state index contributed by atoms with van der Waals surface area (Å²) in [5.41, 5.74) is 3.07. The van der Waals surface area contributed by atoms with E-state index in [-0.39, 0.29) is 24.5 Å². The van der Waals surface area contributed by atoms with Crippen molar-refractivity contribution < 1.29 is 19.1 Å². The zero-order valence-electron chi connectivity index (χ0n) is 21.7. The summed E-state index contributed by atoms with van der Waals surface area (Å²) in [5, 5.41) is 3.23. The third kappa shape index (κ3) is 7.35. The molecule has 1 aliphatic carbocycles. The molecule has 0 saturated heterocycles. The van der Waals surface area contributed by atoms with Crippen LogP contribution in [0, 0.1) is 6.92 Å². The molecule has 1 aliphatic rings.